The molecule has 2 N–H and O–H groups in total. The molecule has 0 radical (unpaired) electrons. The molecule has 2 aromatic rings. The van der Waals surface area contributed by atoms with Gasteiger partial charge < -0.3 is 20.1 Å². The molecule has 0 spiro atoms. The summed E-state index contributed by atoms with van der Waals surface area (Å²) >= 11 is 8.03. The van der Waals surface area contributed by atoms with Crippen molar-refractivity contribution in [3.05, 3.63) is 44.6 Å². The van der Waals surface area contributed by atoms with E-state index < -0.39 is 0 Å². The normalized spacial score (nSPS) is 13.6. The molecule has 134 valence electrons. The maximum Gasteiger partial charge on any atom is 0.191 e. The van der Waals surface area contributed by atoms with Crippen molar-refractivity contribution in [2.45, 2.75) is 19.9 Å². The lowest BCUT2D eigenvalue weighted by molar-refractivity contribution is 0.171. The van der Waals surface area contributed by atoms with Crippen LogP contribution in [0, 0.1) is 6.92 Å². The Labute approximate surface area is 157 Å². The van der Waals surface area contributed by atoms with E-state index in [1.807, 2.05) is 12.1 Å². The van der Waals surface area contributed by atoms with Crippen LogP contribution in [0.15, 0.2) is 28.6 Å². The molecule has 1 aliphatic rings. The Morgan fingerprint density at radius 3 is 2.88 bits per heavy atom. The number of nitrogens with one attached hydrogen (secondary N) is 2. The van der Waals surface area contributed by atoms with Crippen LogP contribution in [0.3, 0.4) is 0 Å². The standard InChI is InChI=1S/C18H22ClN3O2S/c1-12-4-8-25-16(12)11-22-18(20-2)21-5-3-13-9-14(19)17-15(10-13)23-6-7-24-17/h4,8-10H,3,5-7,11H2,1-2H3,(H2,20,21,22). The Kier molecular flexibility index (Phi) is 6.04. The number of rotatable bonds is 5. The van der Waals surface area contributed by atoms with Gasteiger partial charge in [-0.1, -0.05) is 11.6 Å². The van der Waals surface area contributed by atoms with Gasteiger partial charge in [0.15, 0.2) is 17.5 Å². The van der Waals surface area contributed by atoms with Crippen molar-refractivity contribution in [3.8, 4) is 11.5 Å². The van der Waals surface area contributed by atoms with Crippen LogP contribution in [0.1, 0.15) is 16.0 Å². The number of hydrogen-bond acceptors (Lipinski definition) is 4. The number of halogens is 1. The molecule has 2 heterocycles. The lowest BCUT2D eigenvalue weighted by atomic mass is 10.1. The summed E-state index contributed by atoms with van der Waals surface area (Å²) in [6.45, 7) is 4.75. The maximum absolute atomic E-state index is 6.28. The number of benzene rings is 1. The minimum Gasteiger partial charge on any atom is -0.486 e. The van der Waals surface area contributed by atoms with Gasteiger partial charge in [-0.25, -0.2) is 0 Å². The predicted octanol–water partition coefficient (Wildman–Crippen LogP) is 3.39. The van der Waals surface area contributed by atoms with Crippen molar-refractivity contribution >= 4 is 28.9 Å². The molecule has 7 heteroatoms. The van der Waals surface area contributed by atoms with Crippen molar-refractivity contribution in [2.75, 3.05) is 26.8 Å². The predicted molar refractivity (Wildman–Crippen MR) is 103 cm³/mol. The van der Waals surface area contributed by atoms with Crippen molar-refractivity contribution < 1.29 is 9.47 Å². The molecule has 0 atom stereocenters. The van der Waals surface area contributed by atoms with E-state index in [1.165, 1.54) is 10.4 Å². The van der Waals surface area contributed by atoms with E-state index in [-0.39, 0.29) is 0 Å². The second kappa shape index (κ2) is 8.45. The third-order valence-electron chi connectivity index (χ3n) is 3.97. The van der Waals surface area contributed by atoms with Crippen LogP contribution in [0.5, 0.6) is 11.5 Å². The summed E-state index contributed by atoms with van der Waals surface area (Å²) in [5.41, 5.74) is 2.41. The quantitative estimate of drug-likeness (QED) is 0.617. The average molecular weight is 380 g/mol. The van der Waals surface area contributed by atoms with Gasteiger partial charge in [0.1, 0.15) is 13.2 Å². The fourth-order valence-electron chi connectivity index (χ4n) is 2.60. The number of hydrogen-bond donors (Lipinski definition) is 2. The minimum absolute atomic E-state index is 0.541. The number of fused-ring (bicyclic) bond motifs is 1. The monoisotopic (exact) mass is 379 g/mol. The Morgan fingerprint density at radius 1 is 1.28 bits per heavy atom. The topological polar surface area (TPSA) is 54.9 Å². The van der Waals surface area contributed by atoms with Crippen LogP contribution in [0.25, 0.3) is 0 Å². The number of ether oxygens (including phenoxy) is 2. The van der Waals surface area contributed by atoms with Crippen molar-refractivity contribution in [3.63, 3.8) is 0 Å². The van der Waals surface area contributed by atoms with E-state index in [0.29, 0.717) is 24.0 Å². The first kappa shape index (κ1) is 17.9. The van der Waals surface area contributed by atoms with E-state index in [9.17, 15) is 0 Å². The summed E-state index contributed by atoms with van der Waals surface area (Å²) in [4.78, 5) is 5.59. The highest BCUT2D eigenvalue weighted by Gasteiger charge is 2.16. The molecule has 0 saturated heterocycles. The Bertz CT molecular complexity index is 761. The van der Waals surface area contributed by atoms with E-state index in [4.69, 9.17) is 21.1 Å². The molecule has 1 aliphatic heterocycles. The molecule has 3 rings (SSSR count). The van der Waals surface area contributed by atoms with Crippen LogP contribution >= 0.6 is 22.9 Å². The first-order valence-electron chi connectivity index (χ1n) is 8.23. The molecule has 0 saturated carbocycles. The smallest absolute Gasteiger partial charge is 0.191 e. The molecule has 5 nitrogen and oxygen atoms in total. The number of thiophene rings is 1. The summed E-state index contributed by atoms with van der Waals surface area (Å²) < 4.78 is 11.2. The highest BCUT2D eigenvalue weighted by Crippen LogP contribution is 2.38. The summed E-state index contributed by atoms with van der Waals surface area (Å²) in [6.07, 6.45) is 0.815. The molecule has 0 aliphatic carbocycles. The summed E-state index contributed by atoms with van der Waals surface area (Å²) in [5, 5.41) is 9.37. The highest BCUT2D eigenvalue weighted by atomic mass is 35.5. The van der Waals surface area contributed by atoms with Gasteiger partial charge in [-0.05, 0) is 48.1 Å². The average Bonchev–Trinajstić information content (AvgIpc) is 3.03. The lowest BCUT2D eigenvalue weighted by Gasteiger charge is -2.20. The zero-order valence-electron chi connectivity index (χ0n) is 14.4. The van der Waals surface area contributed by atoms with Gasteiger partial charge in [0.05, 0.1) is 11.6 Å². The second-order valence-corrected chi connectivity index (χ2v) is 7.14. The number of aliphatic imine (C=N–C) groups is 1. The van der Waals surface area contributed by atoms with E-state index >= 15 is 0 Å². The first-order valence-corrected chi connectivity index (χ1v) is 9.48. The van der Waals surface area contributed by atoms with Crippen LogP contribution in [0.2, 0.25) is 5.02 Å². The van der Waals surface area contributed by atoms with Gasteiger partial charge in [-0.3, -0.25) is 4.99 Å². The Hall–Kier alpha value is -1.92. The molecule has 0 fully saturated rings. The Morgan fingerprint density at radius 2 is 2.12 bits per heavy atom. The molecule has 0 amide bonds. The second-order valence-electron chi connectivity index (χ2n) is 5.73. The van der Waals surface area contributed by atoms with Crippen LogP contribution in [0.4, 0.5) is 0 Å². The lowest BCUT2D eigenvalue weighted by Crippen LogP contribution is -2.37. The third-order valence-corrected chi connectivity index (χ3v) is 5.27. The number of aryl methyl sites for hydroxylation is 1. The molecule has 1 aromatic carbocycles. The van der Waals surface area contributed by atoms with Crippen molar-refractivity contribution in [1.82, 2.24) is 10.6 Å². The van der Waals surface area contributed by atoms with Gasteiger partial charge in [-0.2, -0.15) is 0 Å². The fourth-order valence-corrected chi connectivity index (χ4v) is 3.74. The van der Waals surface area contributed by atoms with Crippen LogP contribution < -0.4 is 20.1 Å². The number of nitrogens with zero attached hydrogens (tertiary/aromatic N) is 1. The van der Waals surface area contributed by atoms with Gasteiger partial charge >= 0.3 is 0 Å². The summed E-state index contributed by atoms with van der Waals surface area (Å²) in [6, 6.07) is 6.05. The van der Waals surface area contributed by atoms with Gasteiger partial charge in [0, 0.05) is 18.5 Å². The maximum atomic E-state index is 6.28. The molecule has 1 aromatic heterocycles. The van der Waals surface area contributed by atoms with E-state index in [2.05, 4.69) is 34.0 Å². The zero-order chi connectivity index (χ0) is 17.6. The highest BCUT2D eigenvalue weighted by molar-refractivity contribution is 7.10. The third kappa shape index (κ3) is 4.58. The Balaban J connectivity index is 1.51. The molecule has 0 bridgehead atoms. The van der Waals surface area contributed by atoms with Crippen molar-refractivity contribution in [1.29, 1.82) is 0 Å². The summed E-state index contributed by atoms with van der Waals surface area (Å²) in [7, 11) is 1.78. The van der Waals surface area contributed by atoms with Gasteiger partial charge in [-0.15, -0.1) is 11.3 Å². The first-order chi connectivity index (χ1) is 12.2. The molecular weight excluding hydrogens is 358 g/mol. The van der Waals surface area contributed by atoms with Gasteiger partial charge in [0.25, 0.3) is 0 Å². The molecule has 25 heavy (non-hydrogen) atoms. The fraction of sp³-hybridized carbons (Fsp3) is 0.389. The number of guanidine groups is 1. The van der Waals surface area contributed by atoms with Crippen LogP contribution in [-0.2, 0) is 13.0 Å². The minimum atomic E-state index is 0.541. The van der Waals surface area contributed by atoms with Crippen molar-refractivity contribution in [2.24, 2.45) is 4.99 Å². The van der Waals surface area contributed by atoms with Gasteiger partial charge in [0.2, 0.25) is 0 Å². The van der Waals surface area contributed by atoms with Crippen LogP contribution in [-0.4, -0.2) is 32.8 Å². The summed E-state index contributed by atoms with van der Waals surface area (Å²) in [5.74, 6) is 2.16. The SMILES string of the molecule is CN=C(NCCc1cc(Cl)c2c(c1)OCCO2)NCc1sccc1C. The largest absolute Gasteiger partial charge is 0.486 e. The zero-order valence-corrected chi connectivity index (χ0v) is 16.0. The van der Waals surface area contributed by atoms with E-state index in [1.54, 1.807) is 18.4 Å². The van der Waals surface area contributed by atoms with E-state index in [0.717, 1.165) is 36.8 Å². The molecular formula is C18H22ClN3O2S. The molecule has 0 unspecified atom stereocenters.